The van der Waals surface area contributed by atoms with Gasteiger partial charge in [-0.15, -0.1) is 0 Å². The predicted octanol–water partition coefficient (Wildman–Crippen LogP) is 2.72. The van der Waals surface area contributed by atoms with E-state index >= 15 is 0 Å². The number of hydrogen-bond donors (Lipinski definition) is 1. The number of rotatable bonds is 9. The van der Waals surface area contributed by atoms with Crippen LogP contribution in [0.1, 0.15) is 23.6 Å². The second-order valence-electron chi connectivity index (χ2n) is 6.64. The van der Waals surface area contributed by atoms with Crippen LogP contribution in [-0.2, 0) is 22.6 Å². The van der Waals surface area contributed by atoms with Crippen LogP contribution >= 0.6 is 0 Å². The van der Waals surface area contributed by atoms with E-state index in [1.165, 1.54) is 5.56 Å². The number of nitrogens with one attached hydrogen (secondary N) is 1. The molecule has 2 aromatic rings. The predicted molar refractivity (Wildman–Crippen MR) is 109 cm³/mol. The number of benzene rings is 2. The van der Waals surface area contributed by atoms with Crippen LogP contribution < -0.4 is 14.8 Å². The third kappa shape index (κ3) is 6.30. The van der Waals surface area contributed by atoms with E-state index in [9.17, 15) is 9.59 Å². The molecule has 0 atom stereocenters. The van der Waals surface area contributed by atoms with E-state index in [2.05, 4.69) is 5.32 Å². The van der Waals surface area contributed by atoms with Crippen molar-refractivity contribution < 1.29 is 19.1 Å². The van der Waals surface area contributed by atoms with Gasteiger partial charge in [-0.05, 0) is 30.2 Å². The molecule has 150 valence electrons. The first-order valence-electron chi connectivity index (χ1n) is 9.21. The van der Waals surface area contributed by atoms with E-state index < -0.39 is 0 Å². The average molecular weight is 384 g/mol. The molecule has 0 saturated heterocycles. The van der Waals surface area contributed by atoms with Crippen molar-refractivity contribution in [3.05, 3.63) is 59.2 Å². The Hall–Kier alpha value is -3.02. The fraction of sp³-hybridized carbons (Fsp3) is 0.364. The molecule has 0 aliphatic carbocycles. The van der Waals surface area contributed by atoms with Gasteiger partial charge in [0.25, 0.3) is 0 Å². The highest BCUT2D eigenvalue weighted by molar-refractivity contribution is 5.79. The lowest BCUT2D eigenvalue weighted by Gasteiger charge is -2.21. The van der Waals surface area contributed by atoms with E-state index in [-0.39, 0.29) is 18.2 Å². The highest BCUT2D eigenvalue weighted by Crippen LogP contribution is 2.27. The van der Waals surface area contributed by atoms with E-state index in [1.807, 2.05) is 37.3 Å². The maximum Gasteiger partial charge on any atom is 0.224 e. The lowest BCUT2D eigenvalue weighted by atomic mass is 10.1. The Bertz CT molecular complexity index is 803. The largest absolute Gasteiger partial charge is 0.493 e. The van der Waals surface area contributed by atoms with Crippen LogP contribution in [0.25, 0.3) is 0 Å². The van der Waals surface area contributed by atoms with Crippen molar-refractivity contribution in [2.75, 3.05) is 27.3 Å². The zero-order valence-corrected chi connectivity index (χ0v) is 17.0. The molecule has 2 rings (SSSR count). The monoisotopic (exact) mass is 384 g/mol. The summed E-state index contributed by atoms with van der Waals surface area (Å²) in [5.41, 5.74) is 3.08. The van der Waals surface area contributed by atoms with E-state index in [0.717, 1.165) is 11.1 Å². The van der Waals surface area contributed by atoms with Crippen LogP contribution in [0.15, 0.2) is 42.5 Å². The van der Waals surface area contributed by atoms with Crippen LogP contribution in [0.4, 0.5) is 0 Å². The Kier molecular flexibility index (Phi) is 7.87. The third-order valence-corrected chi connectivity index (χ3v) is 4.46. The summed E-state index contributed by atoms with van der Waals surface area (Å²) in [4.78, 5) is 25.9. The van der Waals surface area contributed by atoms with Gasteiger partial charge in [0.1, 0.15) is 0 Å². The Morgan fingerprint density at radius 2 is 1.61 bits per heavy atom. The summed E-state index contributed by atoms with van der Waals surface area (Å²) < 4.78 is 10.5. The van der Waals surface area contributed by atoms with Crippen LogP contribution in [-0.4, -0.2) is 44.0 Å². The number of amides is 2. The molecule has 1 N–H and O–H groups in total. The molecule has 0 bridgehead atoms. The van der Waals surface area contributed by atoms with Gasteiger partial charge in [-0.1, -0.05) is 35.9 Å². The molecule has 28 heavy (non-hydrogen) atoms. The van der Waals surface area contributed by atoms with Crippen molar-refractivity contribution >= 4 is 11.8 Å². The van der Waals surface area contributed by atoms with Crippen LogP contribution in [0, 0.1) is 6.92 Å². The third-order valence-electron chi connectivity index (χ3n) is 4.46. The molecule has 6 nitrogen and oxygen atoms in total. The minimum absolute atomic E-state index is 0.0188. The molecule has 2 aromatic carbocycles. The smallest absolute Gasteiger partial charge is 0.224 e. The second-order valence-corrected chi connectivity index (χ2v) is 6.64. The van der Waals surface area contributed by atoms with E-state index in [0.29, 0.717) is 31.1 Å². The minimum atomic E-state index is -0.106. The van der Waals surface area contributed by atoms with Crippen molar-refractivity contribution in [1.29, 1.82) is 0 Å². The molecular weight excluding hydrogens is 356 g/mol. The first kappa shape index (κ1) is 21.3. The Labute approximate surface area is 166 Å². The number of carbonyl (C=O) groups excluding carboxylic acids is 2. The van der Waals surface area contributed by atoms with Crippen molar-refractivity contribution in [2.45, 2.75) is 26.8 Å². The first-order chi connectivity index (χ1) is 13.4. The molecule has 0 aliphatic rings. The Balaban J connectivity index is 1.85. The van der Waals surface area contributed by atoms with Gasteiger partial charge in [-0.25, -0.2) is 0 Å². The lowest BCUT2D eigenvalue weighted by molar-refractivity contribution is -0.130. The molecular formula is C22H28N2O4. The minimum Gasteiger partial charge on any atom is -0.493 e. The van der Waals surface area contributed by atoms with Crippen LogP contribution in [0.5, 0.6) is 11.5 Å². The molecule has 0 saturated carbocycles. The topological polar surface area (TPSA) is 67.9 Å². The highest BCUT2D eigenvalue weighted by atomic mass is 16.5. The number of carbonyl (C=O) groups is 2. The van der Waals surface area contributed by atoms with Gasteiger partial charge in [-0.3, -0.25) is 9.59 Å². The Morgan fingerprint density at radius 1 is 0.964 bits per heavy atom. The van der Waals surface area contributed by atoms with Gasteiger partial charge in [0.15, 0.2) is 11.5 Å². The van der Waals surface area contributed by atoms with Gasteiger partial charge in [0.05, 0.1) is 20.6 Å². The molecule has 6 heteroatoms. The zero-order valence-electron chi connectivity index (χ0n) is 17.0. The SMILES string of the molecule is COc1ccc(CC(=O)NCCN(Cc2ccc(C)cc2)C(C)=O)cc1OC. The summed E-state index contributed by atoms with van der Waals surface area (Å²) in [5.74, 6) is 1.09. The second kappa shape index (κ2) is 10.3. The van der Waals surface area contributed by atoms with Gasteiger partial charge >= 0.3 is 0 Å². The molecule has 0 aromatic heterocycles. The van der Waals surface area contributed by atoms with E-state index in [1.54, 1.807) is 38.2 Å². The van der Waals surface area contributed by atoms with Crippen molar-refractivity contribution in [3.8, 4) is 11.5 Å². The standard InChI is InChI=1S/C22H28N2O4/c1-16-5-7-18(8-6-16)15-24(17(2)25)12-11-23-22(26)14-19-9-10-20(27-3)21(13-19)28-4/h5-10,13H,11-12,14-15H2,1-4H3,(H,23,26). The molecule has 2 amide bonds. The molecule has 0 fully saturated rings. The highest BCUT2D eigenvalue weighted by Gasteiger charge is 2.11. The number of aryl methyl sites for hydroxylation is 1. The molecule has 0 unspecified atom stereocenters. The summed E-state index contributed by atoms with van der Waals surface area (Å²) in [5, 5.41) is 2.87. The van der Waals surface area contributed by atoms with E-state index in [4.69, 9.17) is 9.47 Å². The fourth-order valence-corrected chi connectivity index (χ4v) is 2.83. The van der Waals surface area contributed by atoms with Gasteiger partial charge < -0.3 is 19.7 Å². The number of nitrogens with zero attached hydrogens (tertiary/aromatic N) is 1. The summed E-state index contributed by atoms with van der Waals surface area (Å²) in [6.45, 7) is 4.96. The first-order valence-corrected chi connectivity index (χ1v) is 9.21. The summed E-state index contributed by atoms with van der Waals surface area (Å²) in [6, 6.07) is 13.5. The van der Waals surface area contributed by atoms with Gasteiger partial charge in [0, 0.05) is 26.6 Å². The fourth-order valence-electron chi connectivity index (χ4n) is 2.83. The Morgan fingerprint density at radius 3 is 2.21 bits per heavy atom. The zero-order chi connectivity index (χ0) is 20.5. The number of ether oxygens (including phenoxy) is 2. The average Bonchev–Trinajstić information content (AvgIpc) is 2.68. The normalized spacial score (nSPS) is 10.3. The van der Waals surface area contributed by atoms with Gasteiger partial charge in [-0.2, -0.15) is 0 Å². The quantitative estimate of drug-likeness (QED) is 0.722. The maximum absolute atomic E-state index is 12.2. The number of hydrogen-bond acceptors (Lipinski definition) is 4. The van der Waals surface area contributed by atoms with Crippen LogP contribution in [0.2, 0.25) is 0 Å². The molecule has 0 aliphatic heterocycles. The molecule has 0 spiro atoms. The molecule has 0 radical (unpaired) electrons. The number of methoxy groups -OCH3 is 2. The maximum atomic E-state index is 12.2. The summed E-state index contributed by atoms with van der Waals surface area (Å²) >= 11 is 0. The molecule has 0 heterocycles. The van der Waals surface area contributed by atoms with Crippen molar-refractivity contribution in [2.24, 2.45) is 0 Å². The van der Waals surface area contributed by atoms with Crippen molar-refractivity contribution in [3.63, 3.8) is 0 Å². The summed E-state index contributed by atoms with van der Waals surface area (Å²) in [7, 11) is 3.13. The lowest BCUT2D eigenvalue weighted by Crippen LogP contribution is -2.37. The summed E-state index contributed by atoms with van der Waals surface area (Å²) in [6.07, 6.45) is 0.235. The van der Waals surface area contributed by atoms with Crippen molar-refractivity contribution in [1.82, 2.24) is 10.2 Å². The van der Waals surface area contributed by atoms with Crippen LogP contribution in [0.3, 0.4) is 0 Å². The van der Waals surface area contributed by atoms with Gasteiger partial charge in [0.2, 0.25) is 11.8 Å².